The van der Waals surface area contributed by atoms with Crippen LogP contribution in [0.15, 0.2) is 35.1 Å². The molecule has 0 unspecified atom stereocenters. The van der Waals surface area contributed by atoms with Gasteiger partial charge in [0, 0.05) is 0 Å². The van der Waals surface area contributed by atoms with Crippen molar-refractivity contribution in [3.63, 3.8) is 0 Å². The zero-order chi connectivity index (χ0) is 16.8. The number of aromatic amines is 1. The average molecular weight is 335 g/mol. The van der Waals surface area contributed by atoms with Crippen molar-refractivity contribution in [1.82, 2.24) is 25.3 Å². The lowest BCUT2D eigenvalue weighted by Crippen LogP contribution is -2.13. The van der Waals surface area contributed by atoms with Crippen LogP contribution in [0.25, 0.3) is 0 Å². The maximum Gasteiger partial charge on any atom is 0.416 e. The van der Waals surface area contributed by atoms with Gasteiger partial charge >= 0.3 is 6.18 Å². The monoisotopic (exact) mass is 335 g/mol. The van der Waals surface area contributed by atoms with Gasteiger partial charge in [-0.25, -0.2) is 4.98 Å². The summed E-state index contributed by atoms with van der Waals surface area (Å²) in [5, 5.41) is 10.4. The molecule has 1 fully saturated rings. The van der Waals surface area contributed by atoms with Crippen molar-refractivity contribution in [2.45, 2.75) is 30.9 Å². The third-order valence-electron chi connectivity index (χ3n) is 4.17. The van der Waals surface area contributed by atoms with E-state index in [0.717, 1.165) is 6.07 Å². The number of hydrogen-bond donors (Lipinski definition) is 1. The minimum atomic E-state index is -4.37. The van der Waals surface area contributed by atoms with E-state index in [1.54, 1.807) is 6.07 Å². The molecule has 1 aliphatic rings. The lowest BCUT2D eigenvalue weighted by Gasteiger charge is -2.14. The molecule has 124 valence electrons. The van der Waals surface area contributed by atoms with Gasteiger partial charge in [0.15, 0.2) is 5.82 Å². The van der Waals surface area contributed by atoms with E-state index >= 15 is 0 Å². The number of rotatable bonds is 4. The molecule has 0 spiro atoms. The van der Waals surface area contributed by atoms with E-state index in [2.05, 4.69) is 25.3 Å². The van der Waals surface area contributed by atoms with Crippen LogP contribution in [-0.4, -0.2) is 25.3 Å². The topological polar surface area (TPSA) is 80.5 Å². The smallest absolute Gasteiger partial charge is 0.339 e. The number of nitrogens with one attached hydrogen (secondary N) is 1. The van der Waals surface area contributed by atoms with Gasteiger partial charge in [-0.15, -0.1) is 0 Å². The van der Waals surface area contributed by atoms with Crippen molar-refractivity contribution in [3.05, 3.63) is 59.3 Å². The van der Waals surface area contributed by atoms with E-state index < -0.39 is 17.2 Å². The molecular weight excluding hydrogens is 323 g/mol. The molecule has 0 radical (unpaired) electrons. The largest absolute Gasteiger partial charge is 0.416 e. The first-order valence-electron chi connectivity index (χ1n) is 7.32. The summed E-state index contributed by atoms with van der Waals surface area (Å²) in [5.74, 6) is 1.34. The third kappa shape index (κ3) is 2.55. The highest BCUT2D eigenvalue weighted by Gasteiger charge is 2.50. The van der Waals surface area contributed by atoms with E-state index in [0.29, 0.717) is 42.4 Å². The second-order valence-corrected chi connectivity index (χ2v) is 5.78. The van der Waals surface area contributed by atoms with E-state index in [4.69, 9.17) is 4.52 Å². The van der Waals surface area contributed by atoms with E-state index in [1.807, 2.05) is 0 Å². The Balaban J connectivity index is 1.63. The summed E-state index contributed by atoms with van der Waals surface area (Å²) in [6.07, 6.45) is -1.32. The van der Waals surface area contributed by atoms with Gasteiger partial charge in [-0.2, -0.15) is 23.3 Å². The van der Waals surface area contributed by atoms with Crippen molar-refractivity contribution >= 4 is 0 Å². The quantitative estimate of drug-likeness (QED) is 0.793. The van der Waals surface area contributed by atoms with Crippen LogP contribution in [0.5, 0.6) is 0 Å². The van der Waals surface area contributed by atoms with E-state index in [1.165, 1.54) is 18.5 Å². The highest BCUT2D eigenvalue weighted by atomic mass is 19.4. The van der Waals surface area contributed by atoms with Crippen molar-refractivity contribution in [2.24, 2.45) is 0 Å². The molecule has 1 saturated carbocycles. The molecule has 6 nitrogen and oxygen atoms in total. The molecule has 0 saturated heterocycles. The minimum Gasteiger partial charge on any atom is -0.339 e. The minimum absolute atomic E-state index is 0.297. The fourth-order valence-corrected chi connectivity index (χ4v) is 2.74. The number of alkyl halides is 3. The molecule has 1 aliphatic carbocycles. The van der Waals surface area contributed by atoms with Crippen LogP contribution in [0.3, 0.4) is 0 Å². The number of benzene rings is 1. The standard InChI is InChI=1S/C15H12F3N5O/c16-15(17,18)10-3-1-2-9(6-10)14(4-5-14)13-21-12(24-23-13)7-11-19-8-20-22-11/h1-3,6,8H,4-5,7H2,(H,19,20,22). The van der Waals surface area contributed by atoms with Crippen molar-refractivity contribution in [2.75, 3.05) is 0 Å². The van der Waals surface area contributed by atoms with Crippen LogP contribution in [0.1, 0.15) is 41.5 Å². The summed E-state index contributed by atoms with van der Waals surface area (Å²) in [5.41, 5.74) is -0.703. The van der Waals surface area contributed by atoms with Gasteiger partial charge in [-0.1, -0.05) is 23.4 Å². The summed E-state index contributed by atoms with van der Waals surface area (Å²) in [4.78, 5) is 8.32. The molecule has 1 aromatic carbocycles. The molecule has 0 amide bonds. The first-order valence-corrected chi connectivity index (χ1v) is 7.32. The van der Waals surface area contributed by atoms with Gasteiger partial charge in [0.2, 0.25) is 5.89 Å². The first-order chi connectivity index (χ1) is 11.5. The summed E-state index contributed by atoms with van der Waals surface area (Å²) in [6, 6.07) is 5.31. The van der Waals surface area contributed by atoms with Gasteiger partial charge in [0.25, 0.3) is 0 Å². The van der Waals surface area contributed by atoms with Gasteiger partial charge in [-0.05, 0) is 24.5 Å². The van der Waals surface area contributed by atoms with E-state index in [-0.39, 0.29) is 0 Å². The highest BCUT2D eigenvalue weighted by Crippen LogP contribution is 2.52. The predicted octanol–water partition coefficient (Wildman–Crippen LogP) is 2.88. The van der Waals surface area contributed by atoms with Crippen LogP contribution < -0.4 is 0 Å². The summed E-state index contributed by atoms with van der Waals surface area (Å²) in [7, 11) is 0. The molecule has 24 heavy (non-hydrogen) atoms. The Labute approximate surface area is 134 Å². The molecule has 2 heterocycles. The first kappa shape index (κ1) is 14.9. The van der Waals surface area contributed by atoms with Gasteiger partial charge in [0.05, 0.1) is 17.4 Å². The molecule has 4 rings (SSSR count). The van der Waals surface area contributed by atoms with Crippen molar-refractivity contribution in [3.8, 4) is 0 Å². The SMILES string of the molecule is FC(F)(F)c1cccc(C2(c3noc(Cc4ncn[nH]4)n3)CC2)c1. The molecule has 1 N–H and O–H groups in total. The predicted molar refractivity (Wildman–Crippen MR) is 74.9 cm³/mol. The summed E-state index contributed by atoms with van der Waals surface area (Å²) >= 11 is 0. The second kappa shape index (κ2) is 5.15. The number of aromatic nitrogens is 5. The average Bonchev–Trinajstić information content (AvgIpc) is 2.96. The summed E-state index contributed by atoms with van der Waals surface area (Å²) in [6.45, 7) is 0. The fraction of sp³-hybridized carbons (Fsp3) is 0.333. The number of nitrogens with zero attached hydrogens (tertiary/aromatic N) is 4. The van der Waals surface area contributed by atoms with E-state index in [9.17, 15) is 13.2 Å². The lowest BCUT2D eigenvalue weighted by molar-refractivity contribution is -0.137. The third-order valence-corrected chi connectivity index (χ3v) is 4.17. The lowest BCUT2D eigenvalue weighted by atomic mass is 9.93. The Morgan fingerprint density at radius 2 is 2.08 bits per heavy atom. The number of H-pyrrole nitrogens is 1. The molecule has 9 heteroatoms. The Hall–Kier alpha value is -2.71. The zero-order valence-corrected chi connectivity index (χ0v) is 12.3. The fourth-order valence-electron chi connectivity index (χ4n) is 2.74. The molecule has 3 aromatic rings. The van der Waals surface area contributed by atoms with Gasteiger partial charge in [0.1, 0.15) is 12.2 Å². The Kier molecular flexibility index (Phi) is 3.19. The van der Waals surface area contributed by atoms with Crippen LogP contribution in [-0.2, 0) is 18.0 Å². The van der Waals surface area contributed by atoms with Crippen molar-refractivity contribution < 1.29 is 17.7 Å². The van der Waals surface area contributed by atoms with Crippen LogP contribution >= 0.6 is 0 Å². The molecule has 0 bridgehead atoms. The number of hydrogen-bond acceptors (Lipinski definition) is 5. The highest BCUT2D eigenvalue weighted by molar-refractivity contribution is 5.41. The van der Waals surface area contributed by atoms with Crippen LogP contribution in [0.4, 0.5) is 13.2 Å². The molecule has 2 aromatic heterocycles. The van der Waals surface area contributed by atoms with Crippen molar-refractivity contribution in [1.29, 1.82) is 0 Å². The Bertz CT molecular complexity index is 852. The molecular formula is C15H12F3N5O. The second-order valence-electron chi connectivity index (χ2n) is 5.78. The van der Waals surface area contributed by atoms with Crippen LogP contribution in [0, 0.1) is 0 Å². The molecule has 0 aliphatic heterocycles. The maximum atomic E-state index is 12.9. The maximum absolute atomic E-state index is 12.9. The number of halogens is 3. The Morgan fingerprint density at radius 3 is 2.75 bits per heavy atom. The van der Waals surface area contributed by atoms with Gasteiger partial charge in [-0.3, -0.25) is 5.10 Å². The van der Waals surface area contributed by atoms with Crippen LogP contribution in [0.2, 0.25) is 0 Å². The zero-order valence-electron chi connectivity index (χ0n) is 12.3. The summed E-state index contributed by atoms with van der Waals surface area (Å²) < 4.78 is 44.0. The Morgan fingerprint density at radius 1 is 1.25 bits per heavy atom. The molecule has 0 atom stereocenters. The van der Waals surface area contributed by atoms with Gasteiger partial charge < -0.3 is 4.52 Å². The normalized spacial score (nSPS) is 16.3.